The van der Waals surface area contributed by atoms with Crippen molar-refractivity contribution in [3.63, 3.8) is 0 Å². The number of sulfonamides is 1. The first-order chi connectivity index (χ1) is 9.86. The molecule has 0 saturated carbocycles. The van der Waals surface area contributed by atoms with E-state index in [0.29, 0.717) is 6.54 Å². The van der Waals surface area contributed by atoms with Crippen molar-refractivity contribution in [1.82, 2.24) is 15.4 Å². The van der Waals surface area contributed by atoms with Crippen LogP contribution in [0.25, 0.3) is 0 Å². The number of hydrogen-bond donors (Lipinski definition) is 3. The van der Waals surface area contributed by atoms with Crippen molar-refractivity contribution in [2.45, 2.75) is 24.9 Å². The molecule has 0 aliphatic carbocycles. The molecule has 126 valence electrons. The Bertz CT molecular complexity index is 609. The van der Waals surface area contributed by atoms with Crippen LogP contribution in [0.4, 0.5) is 0 Å². The van der Waals surface area contributed by atoms with E-state index in [1.807, 2.05) is 0 Å². The predicted molar refractivity (Wildman–Crippen MR) is 84.7 cm³/mol. The van der Waals surface area contributed by atoms with Gasteiger partial charge in [0.2, 0.25) is 5.09 Å². The van der Waals surface area contributed by atoms with Crippen molar-refractivity contribution < 1.29 is 17.6 Å². The van der Waals surface area contributed by atoms with Gasteiger partial charge in [-0.25, -0.2) is 13.1 Å². The van der Waals surface area contributed by atoms with Crippen molar-refractivity contribution >= 4 is 28.3 Å². The summed E-state index contributed by atoms with van der Waals surface area (Å²) in [6.07, 6.45) is 1.98. The van der Waals surface area contributed by atoms with Crippen LogP contribution in [-0.2, 0) is 10.0 Å². The minimum atomic E-state index is -3.66. The van der Waals surface area contributed by atoms with Crippen LogP contribution >= 0.6 is 12.4 Å². The number of piperidine rings is 1. The molecule has 2 heterocycles. The van der Waals surface area contributed by atoms with Gasteiger partial charge in [0, 0.05) is 6.54 Å². The molecule has 1 aromatic rings. The van der Waals surface area contributed by atoms with E-state index >= 15 is 0 Å². The molecule has 1 aliphatic heterocycles. The topological polar surface area (TPSA) is 100 Å². The lowest BCUT2D eigenvalue weighted by molar-refractivity contribution is 0.0889. The SMILES string of the molecule is CNS(=O)(=O)c1ccc(C(=O)NCC2(C)CCNCC2)o1.Cl. The van der Waals surface area contributed by atoms with E-state index in [1.54, 1.807) is 0 Å². The fraction of sp³-hybridized carbons (Fsp3) is 0.615. The van der Waals surface area contributed by atoms with Gasteiger partial charge in [-0.1, -0.05) is 6.92 Å². The lowest BCUT2D eigenvalue weighted by atomic mass is 9.81. The van der Waals surface area contributed by atoms with E-state index in [2.05, 4.69) is 22.3 Å². The minimum Gasteiger partial charge on any atom is -0.438 e. The van der Waals surface area contributed by atoms with Gasteiger partial charge in [0.15, 0.2) is 5.76 Å². The van der Waals surface area contributed by atoms with Crippen molar-refractivity contribution in [1.29, 1.82) is 0 Å². The van der Waals surface area contributed by atoms with Crippen molar-refractivity contribution in [3.05, 3.63) is 17.9 Å². The first-order valence-electron chi connectivity index (χ1n) is 6.89. The van der Waals surface area contributed by atoms with E-state index in [0.717, 1.165) is 25.9 Å². The molecule has 1 saturated heterocycles. The Morgan fingerprint density at radius 3 is 2.59 bits per heavy atom. The smallest absolute Gasteiger partial charge is 0.287 e. The number of amides is 1. The van der Waals surface area contributed by atoms with Crippen LogP contribution in [0.3, 0.4) is 0 Å². The molecule has 1 aliphatic rings. The first kappa shape index (κ1) is 19.0. The van der Waals surface area contributed by atoms with E-state index in [-0.39, 0.29) is 28.7 Å². The summed E-state index contributed by atoms with van der Waals surface area (Å²) in [6, 6.07) is 2.64. The van der Waals surface area contributed by atoms with E-state index in [4.69, 9.17) is 4.42 Å². The molecule has 2 rings (SSSR count). The summed E-state index contributed by atoms with van der Waals surface area (Å²) in [4.78, 5) is 12.0. The lowest BCUT2D eigenvalue weighted by Crippen LogP contribution is -2.42. The average molecular weight is 352 g/mol. The Labute approximate surface area is 136 Å². The Balaban J connectivity index is 0.00000242. The highest BCUT2D eigenvalue weighted by Gasteiger charge is 2.28. The molecule has 9 heteroatoms. The standard InChI is InChI=1S/C13H21N3O4S.ClH/c1-13(5-7-15-8-6-13)9-16-12(17)10-3-4-11(20-10)21(18,19)14-2;/h3-4,14-15H,5-9H2,1-2H3,(H,16,17);1H. The summed E-state index contributed by atoms with van der Waals surface area (Å²) < 4.78 is 30.3. The zero-order valence-corrected chi connectivity index (χ0v) is 14.3. The molecular weight excluding hydrogens is 330 g/mol. The number of carbonyl (C=O) groups excluding carboxylic acids is 1. The molecule has 1 aromatic heterocycles. The molecule has 1 amide bonds. The second-order valence-corrected chi connectivity index (χ2v) is 7.39. The largest absolute Gasteiger partial charge is 0.438 e. The molecule has 7 nitrogen and oxygen atoms in total. The molecule has 0 atom stereocenters. The highest BCUT2D eigenvalue weighted by molar-refractivity contribution is 7.89. The highest BCUT2D eigenvalue weighted by atomic mass is 35.5. The number of carbonyl (C=O) groups is 1. The fourth-order valence-corrected chi connectivity index (χ4v) is 2.92. The van der Waals surface area contributed by atoms with E-state index in [1.165, 1.54) is 19.2 Å². The maximum atomic E-state index is 12.0. The van der Waals surface area contributed by atoms with Crippen molar-refractivity contribution in [2.24, 2.45) is 5.41 Å². The van der Waals surface area contributed by atoms with Crippen LogP contribution in [0.15, 0.2) is 21.6 Å². The Kier molecular flexibility index (Phi) is 6.42. The fourth-order valence-electron chi connectivity index (χ4n) is 2.28. The second kappa shape index (κ2) is 7.45. The first-order valence-corrected chi connectivity index (χ1v) is 8.37. The minimum absolute atomic E-state index is 0. The van der Waals surface area contributed by atoms with Gasteiger partial charge in [0.05, 0.1) is 0 Å². The summed E-state index contributed by atoms with van der Waals surface area (Å²) in [5.74, 6) is -0.395. The van der Waals surface area contributed by atoms with Gasteiger partial charge in [0.1, 0.15) is 0 Å². The third-order valence-corrected chi connectivity index (χ3v) is 5.11. The quantitative estimate of drug-likeness (QED) is 0.726. The van der Waals surface area contributed by atoms with Gasteiger partial charge in [-0.15, -0.1) is 12.4 Å². The van der Waals surface area contributed by atoms with E-state index < -0.39 is 15.9 Å². The third kappa shape index (κ3) is 4.45. The molecule has 0 unspecified atom stereocenters. The summed E-state index contributed by atoms with van der Waals surface area (Å²) in [6.45, 7) is 4.56. The Morgan fingerprint density at radius 2 is 2.00 bits per heavy atom. The molecule has 0 radical (unpaired) electrons. The monoisotopic (exact) mass is 351 g/mol. The van der Waals surface area contributed by atoms with Gasteiger partial charge in [-0.05, 0) is 50.5 Å². The zero-order valence-electron chi connectivity index (χ0n) is 12.6. The average Bonchev–Trinajstić information content (AvgIpc) is 2.96. The maximum absolute atomic E-state index is 12.0. The number of halogens is 1. The summed E-state index contributed by atoms with van der Waals surface area (Å²) in [7, 11) is -2.38. The maximum Gasteiger partial charge on any atom is 0.287 e. The van der Waals surface area contributed by atoms with Crippen LogP contribution in [0.5, 0.6) is 0 Å². The van der Waals surface area contributed by atoms with Gasteiger partial charge < -0.3 is 15.1 Å². The van der Waals surface area contributed by atoms with Crippen LogP contribution in [0.1, 0.15) is 30.3 Å². The predicted octanol–water partition coefficient (Wildman–Crippen LogP) is 0.729. The summed E-state index contributed by atoms with van der Waals surface area (Å²) >= 11 is 0. The summed E-state index contributed by atoms with van der Waals surface area (Å²) in [5.41, 5.74) is 0.0629. The van der Waals surface area contributed by atoms with Gasteiger partial charge >= 0.3 is 0 Å². The molecule has 0 spiro atoms. The molecule has 22 heavy (non-hydrogen) atoms. The number of rotatable bonds is 5. The molecular formula is C13H22ClN3O4S. The molecule has 0 bridgehead atoms. The van der Waals surface area contributed by atoms with E-state index in [9.17, 15) is 13.2 Å². The van der Waals surface area contributed by atoms with Crippen LogP contribution in [-0.4, -0.2) is 41.0 Å². The van der Waals surface area contributed by atoms with Crippen LogP contribution in [0, 0.1) is 5.41 Å². The van der Waals surface area contributed by atoms with Gasteiger partial charge in [0.25, 0.3) is 15.9 Å². The van der Waals surface area contributed by atoms with Crippen LogP contribution < -0.4 is 15.4 Å². The number of nitrogens with one attached hydrogen (secondary N) is 3. The normalized spacial score (nSPS) is 17.5. The Morgan fingerprint density at radius 1 is 1.36 bits per heavy atom. The molecule has 3 N–H and O–H groups in total. The molecule has 1 fully saturated rings. The van der Waals surface area contributed by atoms with Crippen molar-refractivity contribution in [2.75, 3.05) is 26.7 Å². The third-order valence-electron chi connectivity index (χ3n) is 3.83. The highest BCUT2D eigenvalue weighted by Crippen LogP contribution is 2.26. The second-order valence-electron chi connectivity index (χ2n) is 5.57. The molecule has 0 aromatic carbocycles. The van der Waals surface area contributed by atoms with Crippen LogP contribution in [0.2, 0.25) is 0 Å². The van der Waals surface area contributed by atoms with Gasteiger partial charge in [-0.2, -0.15) is 0 Å². The Hall–Kier alpha value is -1.09. The number of furan rings is 1. The number of hydrogen-bond acceptors (Lipinski definition) is 5. The zero-order chi connectivity index (χ0) is 15.5. The lowest BCUT2D eigenvalue weighted by Gasteiger charge is -2.33. The van der Waals surface area contributed by atoms with Crippen molar-refractivity contribution in [3.8, 4) is 0 Å². The van der Waals surface area contributed by atoms with Gasteiger partial charge in [-0.3, -0.25) is 4.79 Å². The summed E-state index contributed by atoms with van der Waals surface area (Å²) in [5, 5.41) is 5.84.